The minimum Gasteiger partial charge on any atom is -0.466 e. The van der Waals surface area contributed by atoms with Crippen LogP contribution in [0.4, 0.5) is 0 Å². The van der Waals surface area contributed by atoms with Gasteiger partial charge in [0.25, 0.3) is 0 Å². The second-order valence-electron chi connectivity index (χ2n) is 4.63. The molecule has 1 aliphatic rings. The molecule has 1 atom stereocenters. The predicted molar refractivity (Wildman–Crippen MR) is 73.4 cm³/mol. The second kappa shape index (κ2) is 6.00. The number of hydrogen-bond acceptors (Lipinski definition) is 7. The summed E-state index contributed by atoms with van der Waals surface area (Å²) < 4.78 is 15.5. The lowest BCUT2D eigenvalue weighted by atomic mass is 10.00. The molecule has 0 aromatic carbocycles. The molecular weight excluding hydrogens is 292 g/mol. The first-order valence-electron chi connectivity index (χ1n) is 6.52. The summed E-state index contributed by atoms with van der Waals surface area (Å²) in [4.78, 5) is 35.6. The minimum absolute atomic E-state index is 0.0568. The first-order valence-corrected chi connectivity index (χ1v) is 6.52. The van der Waals surface area contributed by atoms with E-state index in [-0.39, 0.29) is 17.7 Å². The van der Waals surface area contributed by atoms with Gasteiger partial charge in [-0.3, -0.25) is 4.68 Å². The van der Waals surface area contributed by atoms with Gasteiger partial charge in [-0.15, -0.1) is 0 Å². The normalized spacial score (nSPS) is 16.4. The Morgan fingerprint density at radius 2 is 1.68 bits per heavy atom. The van der Waals surface area contributed by atoms with E-state index in [1.807, 2.05) is 0 Å². The Balaban J connectivity index is 2.57. The molecule has 8 nitrogen and oxygen atoms in total. The summed E-state index contributed by atoms with van der Waals surface area (Å²) in [5.41, 5.74) is 0.829. The third kappa shape index (κ3) is 2.36. The van der Waals surface area contributed by atoms with Crippen LogP contribution >= 0.6 is 0 Å². The summed E-state index contributed by atoms with van der Waals surface area (Å²) in [5.74, 6) is -1.90. The molecule has 0 bridgehead atoms. The van der Waals surface area contributed by atoms with Crippen LogP contribution in [0, 0.1) is 0 Å². The summed E-state index contributed by atoms with van der Waals surface area (Å²) in [6.45, 7) is 1.72. The van der Waals surface area contributed by atoms with Crippen LogP contribution in [0.1, 0.15) is 39.5 Å². The minimum atomic E-state index is -0.742. The molecule has 118 valence electrons. The van der Waals surface area contributed by atoms with Crippen LogP contribution in [-0.4, -0.2) is 49.0 Å². The molecular formula is C14H16N2O6. The van der Waals surface area contributed by atoms with Crippen LogP contribution in [0.3, 0.4) is 0 Å². The van der Waals surface area contributed by atoms with Crippen molar-refractivity contribution in [2.24, 2.45) is 0 Å². The zero-order chi connectivity index (χ0) is 16.4. The molecule has 2 rings (SSSR count). The highest BCUT2D eigenvalue weighted by Crippen LogP contribution is 2.30. The average Bonchev–Trinajstić information content (AvgIpc) is 2.93. The van der Waals surface area contributed by atoms with Gasteiger partial charge in [-0.25, -0.2) is 14.4 Å². The average molecular weight is 308 g/mol. The van der Waals surface area contributed by atoms with Gasteiger partial charge in [0.2, 0.25) is 0 Å². The molecule has 1 aromatic heterocycles. The number of hydrogen-bond donors (Lipinski definition) is 0. The standard InChI is InChI=1S/C14H16N2O6/c1-7-8(12(17)20-2)5-6-9-10(13(18)21-3)11(14(19)22-4)15-16(7)9/h5,7H,6H2,1-4H3. The highest BCUT2D eigenvalue weighted by Gasteiger charge is 2.34. The number of ether oxygens (including phenoxy) is 3. The highest BCUT2D eigenvalue weighted by molar-refractivity contribution is 6.03. The molecule has 0 N–H and O–H groups in total. The van der Waals surface area contributed by atoms with Crippen LogP contribution in [-0.2, 0) is 25.4 Å². The van der Waals surface area contributed by atoms with E-state index in [9.17, 15) is 14.4 Å². The molecule has 22 heavy (non-hydrogen) atoms. The molecule has 1 aliphatic heterocycles. The molecule has 0 fully saturated rings. The quantitative estimate of drug-likeness (QED) is 0.598. The van der Waals surface area contributed by atoms with E-state index in [1.54, 1.807) is 13.0 Å². The van der Waals surface area contributed by atoms with Crippen molar-refractivity contribution in [1.82, 2.24) is 9.78 Å². The molecule has 0 spiro atoms. The van der Waals surface area contributed by atoms with Crippen molar-refractivity contribution in [2.75, 3.05) is 21.3 Å². The van der Waals surface area contributed by atoms with Crippen LogP contribution in [0.5, 0.6) is 0 Å². The number of fused-ring (bicyclic) bond motifs is 1. The summed E-state index contributed by atoms with van der Waals surface area (Å²) in [6.07, 6.45) is 1.91. The van der Waals surface area contributed by atoms with Crippen molar-refractivity contribution >= 4 is 17.9 Å². The Hall–Kier alpha value is -2.64. The molecule has 0 radical (unpaired) electrons. The molecule has 2 heterocycles. The van der Waals surface area contributed by atoms with Crippen molar-refractivity contribution in [1.29, 1.82) is 0 Å². The van der Waals surface area contributed by atoms with E-state index in [2.05, 4.69) is 9.84 Å². The maximum absolute atomic E-state index is 12.0. The van der Waals surface area contributed by atoms with Gasteiger partial charge in [0.15, 0.2) is 5.69 Å². The first-order chi connectivity index (χ1) is 10.5. The maximum Gasteiger partial charge on any atom is 0.359 e. The van der Waals surface area contributed by atoms with Gasteiger partial charge in [-0.1, -0.05) is 6.08 Å². The van der Waals surface area contributed by atoms with Gasteiger partial charge < -0.3 is 14.2 Å². The Kier molecular flexibility index (Phi) is 4.30. The van der Waals surface area contributed by atoms with E-state index in [1.165, 1.54) is 26.0 Å². The van der Waals surface area contributed by atoms with Crippen LogP contribution in [0.25, 0.3) is 0 Å². The van der Waals surface area contributed by atoms with Crippen molar-refractivity contribution in [3.8, 4) is 0 Å². The fourth-order valence-electron chi connectivity index (χ4n) is 2.42. The van der Waals surface area contributed by atoms with Crippen molar-refractivity contribution in [3.05, 3.63) is 28.6 Å². The Morgan fingerprint density at radius 1 is 1.09 bits per heavy atom. The van der Waals surface area contributed by atoms with Gasteiger partial charge in [-0.2, -0.15) is 5.10 Å². The summed E-state index contributed by atoms with van der Waals surface area (Å²) in [5, 5.41) is 4.13. The Labute approximate surface area is 126 Å². The summed E-state index contributed by atoms with van der Waals surface area (Å²) in [6, 6.07) is -0.474. The number of carbonyl (C=O) groups excluding carboxylic acids is 3. The number of nitrogens with zero attached hydrogens (tertiary/aromatic N) is 2. The van der Waals surface area contributed by atoms with Gasteiger partial charge in [0, 0.05) is 6.42 Å². The van der Waals surface area contributed by atoms with E-state index in [4.69, 9.17) is 9.47 Å². The smallest absolute Gasteiger partial charge is 0.359 e. The number of aromatic nitrogens is 2. The van der Waals surface area contributed by atoms with Gasteiger partial charge in [0.1, 0.15) is 5.56 Å². The van der Waals surface area contributed by atoms with E-state index >= 15 is 0 Å². The third-order valence-electron chi connectivity index (χ3n) is 3.53. The Bertz CT molecular complexity index is 673. The van der Waals surface area contributed by atoms with Crippen molar-refractivity contribution in [3.63, 3.8) is 0 Å². The second-order valence-corrected chi connectivity index (χ2v) is 4.63. The highest BCUT2D eigenvalue weighted by atomic mass is 16.5. The monoisotopic (exact) mass is 308 g/mol. The van der Waals surface area contributed by atoms with Gasteiger partial charge in [-0.05, 0) is 6.92 Å². The lowest BCUT2D eigenvalue weighted by Crippen LogP contribution is -2.23. The molecule has 0 aliphatic carbocycles. The zero-order valence-electron chi connectivity index (χ0n) is 12.7. The molecule has 1 aromatic rings. The SMILES string of the molecule is COC(=O)C1=CCc2c(C(=O)OC)c(C(=O)OC)nn2C1C. The first kappa shape index (κ1) is 15.7. The maximum atomic E-state index is 12.0. The number of allylic oxidation sites excluding steroid dienone is 1. The van der Waals surface area contributed by atoms with Crippen LogP contribution < -0.4 is 0 Å². The number of carbonyl (C=O) groups is 3. The van der Waals surface area contributed by atoms with E-state index < -0.39 is 23.9 Å². The summed E-state index contributed by atoms with van der Waals surface area (Å²) >= 11 is 0. The lowest BCUT2D eigenvalue weighted by molar-refractivity contribution is -0.136. The van der Waals surface area contributed by atoms with Gasteiger partial charge in [0.05, 0.1) is 38.6 Å². The summed E-state index contributed by atoms with van der Waals surface area (Å²) in [7, 11) is 3.70. The molecule has 1 unspecified atom stereocenters. The van der Waals surface area contributed by atoms with Crippen molar-refractivity contribution < 1.29 is 28.6 Å². The topological polar surface area (TPSA) is 96.7 Å². The fourth-order valence-corrected chi connectivity index (χ4v) is 2.42. The molecule has 0 amide bonds. The van der Waals surface area contributed by atoms with Gasteiger partial charge >= 0.3 is 17.9 Å². The predicted octanol–water partition coefficient (Wildman–Crippen LogP) is 0.673. The molecule has 0 saturated heterocycles. The lowest BCUT2D eigenvalue weighted by Gasteiger charge is -2.21. The van der Waals surface area contributed by atoms with Crippen LogP contribution in [0.15, 0.2) is 11.6 Å². The zero-order valence-corrected chi connectivity index (χ0v) is 12.7. The fraction of sp³-hybridized carbons (Fsp3) is 0.429. The molecule has 8 heteroatoms. The third-order valence-corrected chi connectivity index (χ3v) is 3.53. The van der Waals surface area contributed by atoms with Crippen LogP contribution in [0.2, 0.25) is 0 Å². The Morgan fingerprint density at radius 3 is 2.23 bits per heavy atom. The number of esters is 3. The largest absolute Gasteiger partial charge is 0.466 e. The number of methoxy groups -OCH3 is 3. The number of rotatable bonds is 3. The van der Waals surface area contributed by atoms with E-state index in [0.717, 1.165) is 0 Å². The van der Waals surface area contributed by atoms with E-state index in [0.29, 0.717) is 11.3 Å². The van der Waals surface area contributed by atoms with Crippen molar-refractivity contribution in [2.45, 2.75) is 19.4 Å². The molecule has 0 saturated carbocycles.